The van der Waals surface area contributed by atoms with Crippen molar-refractivity contribution in [1.82, 2.24) is 0 Å². The molecule has 5 nitrogen and oxygen atoms in total. The average Bonchev–Trinajstić information content (AvgIpc) is 2.17. The van der Waals surface area contributed by atoms with Crippen LogP contribution in [0.2, 0.25) is 0 Å². The van der Waals surface area contributed by atoms with Gasteiger partial charge in [-0.25, -0.2) is 4.39 Å². The number of nitrogens with two attached hydrogens (primary N) is 1. The van der Waals surface area contributed by atoms with Gasteiger partial charge < -0.3 is 11.1 Å². The summed E-state index contributed by atoms with van der Waals surface area (Å²) in [5.41, 5.74) is 5.53. The van der Waals surface area contributed by atoms with Crippen molar-refractivity contribution >= 4 is 11.4 Å². The van der Waals surface area contributed by atoms with Crippen LogP contribution in [0.4, 0.5) is 15.8 Å². The van der Waals surface area contributed by atoms with Crippen molar-refractivity contribution in [3.05, 3.63) is 33.6 Å². The van der Waals surface area contributed by atoms with E-state index >= 15 is 0 Å². The highest BCUT2D eigenvalue weighted by molar-refractivity contribution is 5.54. The molecule has 1 rings (SSSR count). The van der Waals surface area contributed by atoms with E-state index in [0.717, 1.165) is 6.07 Å². The first-order chi connectivity index (χ1) is 6.60. The predicted molar refractivity (Wildman–Crippen MR) is 50.5 cm³/mol. The van der Waals surface area contributed by atoms with E-state index in [1.807, 2.05) is 0 Å². The molecule has 0 atom stereocenters. The first-order valence-corrected chi connectivity index (χ1v) is 3.94. The van der Waals surface area contributed by atoms with E-state index in [9.17, 15) is 14.5 Å². The van der Waals surface area contributed by atoms with Gasteiger partial charge in [0.05, 0.1) is 16.7 Å². The van der Waals surface area contributed by atoms with E-state index < -0.39 is 10.7 Å². The van der Waals surface area contributed by atoms with Gasteiger partial charge >= 0.3 is 0 Å². The molecule has 0 heterocycles. The Labute approximate surface area is 79.9 Å². The number of hydrogen-bond acceptors (Lipinski definition) is 4. The van der Waals surface area contributed by atoms with Crippen LogP contribution in [0.5, 0.6) is 0 Å². The largest absolute Gasteiger partial charge is 0.386 e. The molecule has 0 saturated heterocycles. The molecule has 0 aliphatic rings. The average molecular weight is 199 g/mol. The number of nitro groups is 1. The number of anilines is 1. The summed E-state index contributed by atoms with van der Waals surface area (Å²) in [5, 5.41) is 13.1. The Morgan fingerprint density at radius 2 is 2.29 bits per heavy atom. The van der Waals surface area contributed by atoms with Crippen molar-refractivity contribution in [1.29, 1.82) is 0 Å². The SMILES string of the molecule is CNc1cc(CN)c([N+](=O)[O-])cc1F. The first-order valence-electron chi connectivity index (χ1n) is 3.94. The summed E-state index contributed by atoms with van der Waals surface area (Å²) >= 11 is 0. The molecule has 0 aliphatic heterocycles. The Hall–Kier alpha value is -1.69. The monoisotopic (exact) mass is 199 g/mol. The normalized spacial score (nSPS) is 9.93. The molecule has 0 aliphatic carbocycles. The number of nitrogens with one attached hydrogen (secondary N) is 1. The smallest absolute Gasteiger partial charge is 0.276 e. The number of nitro benzene ring substituents is 1. The Bertz CT molecular complexity index is 368. The Morgan fingerprint density at radius 3 is 2.71 bits per heavy atom. The summed E-state index contributed by atoms with van der Waals surface area (Å²) in [5.74, 6) is -0.656. The molecule has 3 N–H and O–H groups in total. The zero-order chi connectivity index (χ0) is 10.7. The number of halogens is 1. The van der Waals surface area contributed by atoms with Crippen LogP contribution in [0.15, 0.2) is 12.1 Å². The van der Waals surface area contributed by atoms with Crippen LogP contribution in [0.25, 0.3) is 0 Å². The number of rotatable bonds is 3. The third-order valence-electron chi connectivity index (χ3n) is 1.85. The van der Waals surface area contributed by atoms with Crippen molar-refractivity contribution in [3.8, 4) is 0 Å². The number of benzene rings is 1. The second-order valence-electron chi connectivity index (χ2n) is 2.67. The molecule has 1 aromatic carbocycles. The highest BCUT2D eigenvalue weighted by Crippen LogP contribution is 2.25. The lowest BCUT2D eigenvalue weighted by Crippen LogP contribution is -2.04. The fourth-order valence-electron chi connectivity index (χ4n) is 1.13. The van der Waals surface area contributed by atoms with Crippen LogP contribution in [0, 0.1) is 15.9 Å². The zero-order valence-electron chi connectivity index (χ0n) is 7.58. The van der Waals surface area contributed by atoms with Crippen molar-refractivity contribution < 1.29 is 9.31 Å². The molecular formula is C8H10FN3O2. The molecule has 0 spiro atoms. The lowest BCUT2D eigenvalue weighted by molar-refractivity contribution is -0.385. The van der Waals surface area contributed by atoms with Gasteiger partial charge in [0.2, 0.25) is 0 Å². The van der Waals surface area contributed by atoms with E-state index in [-0.39, 0.29) is 17.9 Å². The molecule has 0 bridgehead atoms. The van der Waals surface area contributed by atoms with Gasteiger partial charge in [0.15, 0.2) is 5.82 Å². The molecule has 6 heteroatoms. The fourth-order valence-corrected chi connectivity index (χ4v) is 1.13. The summed E-state index contributed by atoms with van der Waals surface area (Å²) in [6.45, 7) is 0.00523. The van der Waals surface area contributed by atoms with Crippen LogP contribution in [-0.2, 0) is 6.54 Å². The highest BCUT2D eigenvalue weighted by Gasteiger charge is 2.16. The Balaban J connectivity index is 3.31. The number of nitrogens with zero attached hydrogens (tertiary/aromatic N) is 1. The van der Waals surface area contributed by atoms with Gasteiger partial charge in [-0.3, -0.25) is 10.1 Å². The summed E-state index contributed by atoms with van der Waals surface area (Å²) < 4.78 is 13.1. The maximum atomic E-state index is 13.1. The second kappa shape index (κ2) is 4.01. The van der Waals surface area contributed by atoms with Gasteiger partial charge in [0.25, 0.3) is 5.69 Å². The summed E-state index contributed by atoms with van der Waals surface area (Å²) in [4.78, 5) is 9.85. The third kappa shape index (κ3) is 1.80. The van der Waals surface area contributed by atoms with E-state index in [0.29, 0.717) is 5.56 Å². The molecule has 0 saturated carbocycles. The van der Waals surface area contributed by atoms with Crippen molar-refractivity contribution in [2.75, 3.05) is 12.4 Å². The topological polar surface area (TPSA) is 81.2 Å². The molecule has 1 aromatic rings. The zero-order valence-corrected chi connectivity index (χ0v) is 7.58. The Morgan fingerprint density at radius 1 is 1.64 bits per heavy atom. The first kappa shape index (κ1) is 10.4. The molecule has 0 radical (unpaired) electrons. The van der Waals surface area contributed by atoms with Gasteiger partial charge in [0.1, 0.15) is 0 Å². The minimum absolute atomic E-state index is 0.00523. The molecule has 0 amide bonds. The highest BCUT2D eigenvalue weighted by atomic mass is 19.1. The third-order valence-corrected chi connectivity index (χ3v) is 1.85. The predicted octanol–water partition coefficient (Wildman–Crippen LogP) is 1.23. The van der Waals surface area contributed by atoms with Crippen LogP contribution < -0.4 is 11.1 Å². The lowest BCUT2D eigenvalue weighted by Gasteiger charge is -2.05. The van der Waals surface area contributed by atoms with Crippen molar-refractivity contribution in [3.63, 3.8) is 0 Å². The van der Waals surface area contributed by atoms with Crippen LogP contribution in [0.1, 0.15) is 5.56 Å². The van der Waals surface area contributed by atoms with Crippen molar-refractivity contribution in [2.24, 2.45) is 5.73 Å². The molecule has 0 unspecified atom stereocenters. The van der Waals surface area contributed by atoms with Gasteiger partial charge in [-0.05, 0) is 6.07 Å². The number of hydrogen-bond donors (Lipinski definition) is 2. The van der Waals surface area contributed by atoms with E-state index in [1.54, 1.807) is 0 Å². The Kier molecular flexibility index (Phi) is 2.98. The van der Waals surface area contributed by atoms with Gasteiger partial charge in [-0.1, -0.05) is 0 Å². The quantitative estimate of drug-likeness (QED) is 0.566. The fraction of sp³-hybridized carbons (Fsp3) is 0.250. The summed E-state index contributed by atoms with van der Waals surface area (Å²) in [6, 6.07) is 2.21. The van der Waals surface area contributed by atoms with Crippen molar-refractivity contribution in [2.45, 2.75) is 6.54 Å². The summed E-state index contributed by atoms with van der Waals surface area (Å²) in [6.07, 6.45) is 0. The van der Waals surface area contributed by atoms with Crippen LogP contribution in [0.3, 0.4) is 0 Å². The molecule has 0 fully saturated rings. The molecule has 14 heavy (non-hydrogen) atoms. The standard InChI is InChI=1S/C8H10FN3O2/c1-11-7-2-5(4-10)8(12(13)14)3-6(7)9/h2-3,11H,4,10H2,1H3. The maximum Gasteiger partial charge on any atom is 0.276 e. The summed E-state index contributed by atoms with van der Waals surface area (Å²) in [7, 11) is 1.53. The van der Waals surface area contributed by atoms with E-state index in [4.69, 9.17) is 5.73 Å². The van der Waals surface area contributed by atoms with E-state index in [1.165, 1.54) is 13.1 Å². The van der Waals surface area contributed by atoms with Crippen LogP contribution >= 0.6 is 0 Å². The second-order valence-corrected chi connectivity index (χ2v) is 2.67. The maximum absolute atomic E-state index is 13.1. The molecule has 76 valence electrons. The van der Waals surface area contributed by atoms with Gasteiger partial charge in [0, 0.05) is 19.2 Å². The molecular weight excluding hydrogens is 189 g/mol. The minimum atomic E-state index is -0.656. The van der Waals surface area contributed by atoms with Gasteiger partial charge in [-0.2, -0.15) is 0 Å². The van der Waals surface area contributed by atoms with E-state index in [2.05, 4.69) is 5.32 Å². The minimum Gasteiger partial charge on any atom is -0.386 e. The van der Waals surface area contributed by atoms with Crippen LogP contribution in [-0.4, -0.2) is 12.0 Å². The van der Waals surface area contributed by atoms with Gasteiger partial charge in [-0.15, -0.1) is 0 Å². The molecule has 0 aromatic heterocycles. The lowest BCUT2D eigenvalue weighted by atomic mass is 10.1.